The number of hydrogen-bond acceptors (Lipinski definition) is 3. The highest BCUT2D eigenvalue weighted by molar-refractivity contribution is 5.96. The molecule has 2 N–H and O–H groups in total. The number of hydrogen-bond donors (Lipinski definition) is 2. The summed E-state index contributed by atoms with van der Waals surface area (Å²) in [6, 6.07) is 7.63. The van der Waals surface area contributed by atoms with Gasteiger partial charge < -0.3 is 14.8 Å². The number of rotatable bonds is 4. The van der Waals surface area contributed by atoms with Crippen LogP contribution in [-0.4, -0.2) is 24.2 Å². The van der Waals surface area contributed by atoms with Gasteiger partial charge in [-0.2, -0.15) is 0 Å². The Morgan fingerprint density at radius 2 is 2.10 bits per heavy atom. The summed E-state index contributed by atoms with van der Waals surface area (Å²) in [6.07, 6.45) is 4.20. The molecule has 112 valence electrons. The van der Waals surface area contributed by atoms with Crippen LogP contribution in [0.1, 0.15) is 41.8 Å². The van der Waals surface area contributed by atoms with Gasteiger partial charge in [-0.3, -0.25) is 4.79 Å². The van der Waals surface area contributed by atoms with E-state index in [4.69, 9.17) is 4.42 Å². The van der Waals surface area contributed by atoms with E-state index >= 15 is 0 Å². The number of furan rings is 1. The Morgan fingerprint density at radius 3 is 2.81 bits per heavy atom. The number of fused-ring (bicyclic) bond motifs is 1. The average molecular weight is 287 g/mol. The van der Waals surface area contributed by atoms with Gasteiger partial charge >= 0.3 is 0 Å². The first kappa shape index (κ1) is 14.1. The average Bonchev–Trinajstić information content (AvgIpc) is 3.11. The first-order valence-electron chi connectivity index (χ1n) is 7.51. The Morgan fingerprint density at radius 1 is 1.33 bits per heavy atom. The number of aliphatic hydroxyl groups excluding tert-OH is 1. The van der Waals surface area contributed by atoms with Gasteiger partial charge in [0.05, 0.1) is 6.61 Å². The van der Waals surface area contributed by atoms with Gasteiger partial charge in [0.25, 0.3) is 5.91 Å². The normalized spacial score (nSPS) is 17.2. The van der Waals surface area contributed by atoms with E-state index in [0.29, 0.717) is 12.3 Å². The van der Waals surface area contributed by atoms with Gasteiger partial charge in [0.2, 0.25) is 0 Å². The summed E-state index contributed by atoms with van der Waals surface area (Å²) in [7, 11) is 0. The molecule has 1 aliphatic carbocycles. The Balaban J connectivity index is 1.72. The van der Waals surface area contributed by atoms with Crippen molar-refractivity contribution in [2.24, 2.45) is 5.41 Å². The Bertz CT molecular complexity index is 653. The first-order chi connectivity index (χ1) is 10.1. The Labute approximate surface area is 124 Å². The van der Waals surface area contributed by atoms with Crippen LogP contribution < -0.4 is 5.32 Å². The van der Waals surface area contributed by atoms with Crippen molar-refractivity contribution >= 4 is 16.9 Å². The van der Waals surface area contributed by atoms with Gasteiger partial charge in [-0.15, -0.1) is 0 Å². The zero-order valence-electron chi connectivity index (χ0n) is 12.3. The first-order valence-corrected chi connectivity index (χ1v) is 7.51. The van der Waals surface area contributed by atoms with Gasteiger partial charge in [-0.1, -0.05) is 24.5 Å². The zero-order valence-corrected chi connectivity index (χ0v) is 12.3. The molecular formula is C17H21NO3. The van der Waals surface area contributed by atoms with E-state index in [1.54, 1.807) is 6.07 Å². The van der Waals surface area contributed by atoms with E-state index in [1.807, 2.05) is 25.1 Å². The molecule has 0 saturated heterocycles. The number of nitrogens with one attached hydrogen (secondary N) is 1. The molecule has 1 aliphatic rings. The summed E-state index contributed by atoms with van der Waals surface area (Å²) in [6.45, 7) is 2.66. The third-order valence-electron chi connectivity index (χ3n) is 4.52. The number of carbonyl (C=O) groups is 1. The van der Waals surface area contributed by atoms with E-state index in [2.05, 4.69) is 5.32 Å². The zero-order chi connectivity index (χ0) is 14.9. The highest BCUT2D eigenvalue weighted by atomic mass is 16.3. The Hall–Kier alpha value is -1.81. The molecule has 1 aromatic carbocycles. The lowest BCUT2D eigenvalue weighted by Crippen LogP contribution is -2.38. The predicted molar refractivity (Wildman–Crippen MR) is 81.3 cm³/mol. The number of benzene rings is 1. The van der Waals surface area contributed by atoms with Gasteiger partial charge in [0, 0.05) is 17.3 Å². The number of aryl methyl sites for hydroxylation is 1. The largest absolute Gasteiger partial charge is 0.451 e. The quantitative estimate of drug-likeness (QED) is 0.908. The summed E-state index contributed by atoms with van der Waals surface area (Å²) in [5.41, 5.74) is 1.72. The van der Waals surface area contributed by atoms with Crippen molar-refractivity contribution in [3.8, 4) is 0 Å². The molecular weight excluding hydrogens is 266 g/mol. The van der Waals surface area contributed by atoms with Gasteiger partial charge in [0.1, 0.15) is 5.58 Å². The molecule has 1 saturated carbocycles. The maximum absolute atomic E-state index is 12.2. The van der Waals surface area contributed by atoms with Crippen molar-refractivity contribution in [2.45, 2.75) is 32.6 Å². The number of amides is 1. The molecule has 1 aromatic heterocycles. The standard InChI is InChI=1S/C17H21NO3/c1-12-4-5-14-13(8-12)9-15(21-14)16(20)18-10-17(11-19)6-2-3-7-17/h4-5,8-9,19H,2-3,6-7,10-11H2,1H3,(H,18,20). The van der Waals surface area contributed by atoms with Crippen LogP contribution in [0.15, 0.2) is 28.7 Å². The molecule has 2 aromatic rings. The van der Waals surface area contributed by atoms with Crippen LogP contribution in [0.3, 0.4) is 0 Å². The minimum atomic E-state index is -0.205. The van der Waals surface area contributed by atoms with Crippen molar-refractivity contribution in [3.63, 3.8) is 0 Å². The summed E-state index contributed by atoms with van der Waals surface area (Å²) < 4.78 is 5.59. The third kappa shape index (κ3) is 2.81. The Kier molecular flexibility index (Phi) is 3.72. The third-order valence-corrected chi connectivity index (χ3v) is 4.52. The van der Waals surface area contributed by atoms with Gasteiger partial charge in [-0.05, 0) is 38.0 Å². The van der Waals surface area contributed by atoms with Crippen molar-refractivity contribution in [1.82, 2.24) is 5.32 Å². The van der Waals surface area contributed by atoms with E-state index in [9.17, 15) is 9.90 Å². The highest BCUT2D eigenvalue weighted by Gasteiger charge is 2.33. The molecule has 0 radical (unpaired) electrons. The molecule has 4 heteroatoms. The van der Waals surface area contributed by atoms with E-state index in [1.165, 1.54) is 0 Å². The van der Waals surface area contributed by atoms with Crippen LogP contribution in [-0.2, 0) is 0 Å². The van der Waals surface area contributed by atoms with Crippen LogP contribution in [0.2, 0.25) is 0 Å². The lowest BCUT2D eigenvalue weighted by molar-refractivity contribution is 0.0857. The second-order valence-corrected chi connectivity index (χ2v) is 6.20. The van der Waals surface area contributed by atoms with Crippen molar-refractivity contribution < 1.29 is 14.3 Å². The molecule has 1 amide bonds. The maximum Gasteiger partial charge on any atom is 0.287 e. The van der Waals surface area contributed by atoms with Crippen molar-refractivity contribution in [3.05, 3.63) is 35.6 Å². The van der Waals surface area contributed by atoms with Crippen molar-refractivity contribution in [1.29, 1.82) is 0 Å². The predicted octanol–water partition coefficient (Wildman–Crippen LogP) is 3.02. The molecule has 3 rings (SSSR count). The van der Waals surface area contributed by atoms with E-state index < -0.39 is 0 Å². The second-order valence-electron chi connectivity index (χ2n) is 6.20. The molecule has 0 atom stereocenters. The van der Waals surface area contributed by atoms with Crippen LogP contribution in [0, 0.1) is 12.3 Å². The lowest BCUT2D eigenvalue weighted by atomic mass is 9.87. The summed E-state index contributed by atoms with van der Waals surface area (Å²) >= 11 is 0. The summed E-state index contributed by atoms with van der Waals surface area (Å²) in [5, 5.41) is 13.4. The monoisotopic (exact) mass is 287 g/mol. The molecule has 21 heavy (non-hydrogen) atoms. The molecule has 1 fully saturated rings. The lowest BCUT2D eigenvalue weighted by Gasteiger charge is -2.26. The van der Waals surface area contributed by atoms with Crippen LogP contribution in [0.25, 0.3) is 11.0 Å². The fraction of sp³-hybridized carbons (Fsp3) is 0.471. The van der Waals surface area contributed by atoms with Crippen LogP contribution >= 0.6 is 0 Å². The fourth-order valence-corrected chi connectivity index (χ4v) is 3.15. The minimum absolute atomic E-state index is 0.132. The fourth-order valence-electron chi connectivity index (χ4n) is 3.15. The van der Waals surface area contributed by atoms with E-state index in [0.717, 1.165) is 42.2 Å². The summed E-state index contributed by atoms with van der Waals surface area (Å²) in [5.74, 6) is 0.130. The SMILES string of the molecule is Cc1ccc2oc(C(=O)NCC3(CO)CCCC3)cc2c1. The number of carbonyl (C=O) groups excluding carboxylic acids is 1. The molecule has 0 bridgehead atoms. The van der Waals surface area contributed by atoms with Gasteiger partial charge in [-0.25, -0.2) is 0 Å². The minimum Gasteiger partial charge on any atom is -0.451 e. The molecule has 0 unspecified atom stereocenters. The molecule has 0 aliphatic heterocycles. The summed E-state index contributed by atoms with van der Waals surface area (Å²) in [4.78, 5) is 12.2. The smallest absolute Gasteiger partial charge is 0.287 e. The van der Waals surface area contributed by atoms with Crippen LogP contribution in [0.5, 0.6) is 0 Å². The molecule has 0 spiro atoms. The van der Waals surface area contributed by atoms with E-state index in [-0.39, 0.29) is 17.9 Å². The second kappa shape index (κ2) is 5.53. The molecule has 4 nitrogen and oxygen atoms in total. The number of aliphatic hydroxyl groups is 1. The van der Waals surface area contributed by atoms with Crippen LogP contribution in [0.4, 0.5) is 0 Å². The topological polar surface area (TPSA) is 62.5 Å². The highest BCUT2D eigenvalue weighted by Crippen LogP contribution is 2.37. The van der Waals surface area contributed by atoms with Gasteiger partial charge in [0.15, 0.2) is 5.76 Å². The van der Waals surface area contributed by atoms with Crippen molar-refractivity contribution in [2.75, 3.05) is 13.2 Å². The molecule has 1 heterocycles. The maximum atomic E-state index is 12.2.